The summed E-state index contributed by atoms with van der Waals surface area (Å²) in [6.45, 7) is 1.98. The highest BCUT2D eigenvalue weighted by Crippen LogP contribution is 2.28. The second kappa shape index (κ2) is 4.89. The van der Waals surface area contributed by atoms with Crippen molar-refractivity contribution in [1.82, 2.24) is 10.3 Å². The number of anilines is 2. The summed E-state index contributed by atoms with van der Waals surface area (Å²) >= 11 is 0. The van der Waals surface area contributed by atoms with E-state index in [1.807, 2.05) is 31.2 Å². The molecule has 1 unspecified atom stereocenters. The topological polar surface area (TPSA) is 98.7 Å². The molecule has 2 aromatic carbocycles. The molecular weight excluding hydrogens is 260 g/mol. The molecule has 1 heterocycles. The first-order valence-corrected chi connectivity index (χ1v) is 5.98. The summed E-state index contributed by atoms with van der Waals surface area (Å²) in [6.07, 6.45) is 0. The minimum absolute atomic E-state index is 0.0663. The number of aromatic nitrogens is 2. The van der Waals surface area contributed by atoms with Gasteiger partial charge in [-0.05, 0) is 34.9 Å². The number of benzene rings is 2. The van der Waals surface area contributed by atoms with Gasteiger partial charge >= 0.3 is 0 Å². The van der Waals surface area contributed by atoms with E-state index in [1.54, 1.807) is 6.07 Å². The molecule has 1 atom stereocenters. The Hall–Kier alpha value is -2.48. The van der Waals surface area contributed by atoms with Gasteiger partial charge < -0.3 is 10.5 Å². The maximum Gasteiger partial charge on any atom is 0.201 e. The molecule has 0 aliphatic rings. The Balaban J connectivity index is 2.07. The predicted molar refractivity (Wildman–Crippen MR) is 72.0 cm³/mol. The molecule has 3 rings (SSSR count). The zero-order valence-corrected chi connectivity index (χ0v) is 10.6. The maximum absolute atomic E-state index is 11.1. The monoisotopic (exact) mass is 272 g/mol. The predicted octanol–water partition coefficient (Wildman–Crippen LogP) is 1.68. The molecule has 0 aliphatic carbocycles. The lowest BCUT2D eigenvalue weighted by Crippen LogP contribution is -2.99. The largest absolute Gasteiger partial charge is 0.595 e. The Bertz CT molecular complexity index is 754. The third kappa shape index (κ3) is 2.10. The van der Waals surface area contributed by atoms with Crippen molar-refractivity contribution in [3.63, 3.8) is 0 Å². The molecule has 3 N–H and O–H groups in total. The van der Waals surface area contributed by atoms with Crippen molar-refractivity contribution in [1.29, 1.82) is 0 Å². The Kier molecular flexibility index (Phi) is 3.07. The quantitative estimate of drug-likeness (QED) is 0.627. The first-order valence-electron chi connectivity index (χ1n) is 5.98. The van der Waals surface area contributed by atoms with Crippen molar-refractivity contribution in [3.8, 4) is 0 Å². The summed E-state index contributed by atoms with van der Waals surface area (Å²) in [5.74, 6) is 0. The number of nitrogens with zero attached hydrogens (tertiary/aromatic N) is 2. The second-order valence-corrected chi connectivity index (χ2v) is 4.37. The smallest absolute Gasteiger partial charge is 0.201 e. The van der Waals surface area contributed by atoms with E-state index in [0.29, 0.717) is 11.2 Å². The number of aryl methyl sites for hydroxylation is 1. The lowest BCUT2D eigenvalue weighted by molar-refractivity contribution is -0.990. The highest BCUT2D eigenvalue weighted by Gasteiger charge is 2.16. The summed E-state index contributed by atoms with van der Waals surface area (Å²) in [5.41, 5.74) is 3.33. The number of quaternary nitrogens is 1. The van der Waals surface area contributed by atoms with Crippen molar-refractivity contribution in [3.05, 3.63) is 47.2 Å². The summed E-state index contributed by atoms with van der Waals surface area (Å²) in [6, 6.07) is 10.9. The van der Waals surface area contributed by atoms with Gasteiger partial charge in [0.1, 0.15) is 0 Å². The van der Waals surface area contributed by atoms with Crippen molar-refractivity contribution < 1.29 is 15.1 Å². The molecule has 7 heteroatoms. The van der Waals surface area contributed by atoms with Crippen LogP contribution in [0.5, 0.6) is 0 Å². The van der Waals surface area contributed by atoms with Crippen molar-refractivity contribution in [2.24, 2.45) is 0 Å². The summed E-state index contributed by atoms with van der Waals surface area (Å²) in [4.78, 5) is 0. The summed E-state index contributed by atoms with van der Waals surface area (Å²) < 4.78 is 4.66. The Labute approximate surface area is 113 Å². The van der Waals surface area contributed by atoms with Crippen molar-refractivity contribution in [2.45, 2.75) is 6.92 Å². The van der Waals surface area contributed by atoms with Gasteiger partial charge in [-0.1, -0.05) is 18.2 Å². The molecule has 0 saturated carbocycles. The molecule has 3 aromatic rings. The fourth-order valence-corrected chi connectivity index (χ4v) is 2.00. The minimum Gasteiger partial charge on any atom is -0.595 e. The highest BCUT2D eigenvalue weighted by atomic mass is 16.8. The number of para-hydroxylation sites is 1. The Morgan fingerprint density at radius 1 is 1.10 bits per heavy atom. The molecule has 0 aliphatic heterocycles. The van der Waals surface area contributed by atoms with E-state index in [-0.39, 0.29) is 11.2 Å². The molecule has 1 aromatic heterocycles. The van der Waals surface area contributed by atoms with E-state index in [0.717, 1.165) is 11.3 Å². The molecular formula is C13H12N4O3. The lowest BCUT2D eigenvalue weighted by atomic mass is 10.2. The van der Waals surface area contributed by atoms with Gasteiger partial charge in [-0.3, -0.25) is 0 Å². The molecule has 0 amide bonds. The molecule has 0 bridgehead atoms. The average Bonchev–Trinajstić information content (AvgIpc) is 2.90. The van der Waals surface area contributed by atoms with Gasteiger partial charge in [-0.25, -0.2) is 9.84 Å². The van der Waals surface area contributed by atoms with Gasteiger partial charge in [-0.2, -0.15) is 5.23 Å². The van der Waals surface area contributed by atoms with E-state index in [1.165, 1.54) is 6.07 Å². The maximum atomic E-state index is 11.1. The van der Waals surface area contributed by atoms with E-state index in [9.17, 15) is 5.21 Å². The number of rotatable bonds is 3. The number of nitrogens with one attached hydrogen (secondary N) is 2. The van der Waals surface area contributed by atoms with E-state index < -0.39 is 5.23 Å². The fourth-order valence-electron chi connectivity index (χ4n) is 2.00. The Morgan fingerprint density at radius 2 is 1.85 bits per heavy atom. The average molecular weight is 272 g/mol. The van der Waals surface area contributed by atoms with Crippen molar-refractivity contribution in [2.75, 3.05) is 5.32 Å². The van der Waals surface area contributed by atoms with Gasteiger partial charge in [0.2, 0.25) is 5.52 Å². The van der Waals surface area contributed by atoms with Crippen LogP contribution in [0.4, 0.5) is 17.1 Å². The first-order chi connectivity index (χ1) is 9.66. The number of fused-ring (bicyclic) bond motifs is 1. The van der Waals surface area contributed by atoms with Crippen LogP contribution in [-0.2, 0) is 0 Å². The summed E-state index contributed by atoms with van der Waals surface area (Å²) in [5, 5.41) is 29.8. The minimum atomic E-state index is -1.06. The molecule has 0 spiro atoms. The fraction of sp³-hybridized carbons (Fsp3) is 0.0769. The third-order valence-corrected chi connectivity index (χ3v) is 3.06. The second-order valence-electron chi connectivity index (χ2n) is 4.37. The zero-order valence-electron chi connectivity index (χ0n) is 10.6. The molecule has 0 radical (unpaired) electrons. The van der Waals surface area contributed by atoms with E-state index >= 15 is 0 Å². The molecule has 102 valence electrons. The van der Waals surface area contributed by atoms with Crippen LogP contribution in [-0.4, -0.2) is 15.5 Å². The molecule has 7 nitrogen and oxygen atoms in total. The lowest BCUT2D eigenvalue weighted by Gasteiger charge is -2.13. The van der Waals surface area contributed by atoms with E-state index in [2.05, 4.69) is 20.3 Å². The SMILES string of the molecule is Cc1ccccc1Nc1ccc([NH+]([O-])O)c2nonc12. The van der Waals surface area contributed by atoms with Crippen LogP contribution in [0.25, 0.3) is 11.0 Å². The number of hydrogen-bond donors (Lipinski definition) is 3. The van der Waals surface area contributed by atoms with Gasteiger partial charge in [0, 0.05) is 11.8 Å². The van der Waals surface area contributed by atoms with Gasteiger partial charge in [0.05, 0.1) is 5.69 Å². The van der Waals surface area contributed by atoms with E-state index in [4.69, 9.17) is 5.21 Å². The standard InChI is InChI=1S/C13H12N4O3/c1-8-4-2-3-5-9(8)14-10-6-7-11(17(18)19)13-12(10)15-20-16-13/h2-7,14,17-18H,1H3. The van der Waals surface area contributed by atoms with Crippen LogP contribution < -0.4 is 10.5 Å². The van der Waals surface area contributed by atoms with Crippen LogP contribution in [0.15, 0.2) is 41.0 Å². The van der Waals surface area contributed by atoms with Crippen LogP contribution in [0.3, 0.4) is 0 Å². The van der Waals surface area contributed by atoms with Crippen LogP contribution in [0.2, 0.25) is 0 Å². The Morgan fingerprint density at radius 3 is 2.60 bits per heavy atom. The third-order valence-electron chi connectivity index (χ3n) is 3.06. The van der Waals surface area contributed by atoms with Crippen LogP contribution >= 0.6 is 0 Å². The number of hydrogen-bond acceptors (Lipinski definition) is 6. The first kappa shape index (κ1) is 12.5. The van der Waals surface area contributed by atoms with Crippen LogP contribution in [0.1, 0.15) is 5.56 Å². The van der Waals surface area contributed by atoms with Gasteiger partial charge in [0.15, 0.2) is 11.2 Å². The zero-order chi connectivity index (χ0) is 14.1. The van der Waals surface area contributed by atoms with Crippen molar-refractivity contribution >= 4 is 28.1 Å². The normalized spacial score (nSPS) is 12.6. The molecule has 0 saturated heterocycles. The molecule has 0 fully saturated rings. The van der Waals surface area contributed by atoms with Gasteiger partial charge in [0.25, 0.3) is 0 Å². The summed E-state index contributed by atoms with van der Waals surface area (Å²) in [7, 11) is 0. The highest BCUT2D eigenvalue weighted by molar-refractivity contribution is 5.94. The van der Waals surface area contributed by atoms with Gasteiger partial charge in [-0.15, -0.1) is 0 Å². The van der Waals surface area contributed by atoms with Crippen LogP contribution in [0, 0.1) is 12.1 Å². The molecule has 20 heavy (non-hydrogen) atoms.